The monoisotopic (exact) mass is 237 g/mol. The highest BCUT2D eigenvalue weighted by atomic mass is 16.5. The van der Waals surface area contributed by atoms with Gasteiger partial charge in [-0.15, -0.1) is 0 Å². The van der Waals surface area contributed by atoms with Gasteiger partial charge in [0.05, 0.1) is 6.04 Å². The molecule has 2 unspecified atom stereocenters. The molecule has 0 saturated heterocycles. The van der Waals surface area contributed by atoms with Gasteiger partial charge in [-0.2, -0.15) is 4.98 Å². The van der Waals surface area contributed by atoms with E-state index in [1.807, 2.05) is 0 Å². The van der Waals surface area contributed by atoms with Crippen molar-refractivity contribution in [2.75, 3.05) is 0 Å². The second-order valence-corrected chi connectivity index (χ2v) is 6.38. The second-order valence-electron chi connectivity index (χ2n) is 6.38. The predicted octanol–water partition coefficient (Wildman–Crippen LogP) is 2.70. The van der Waals surface area contributed by atoms with Crippen LogP contribution in [0.3, 0.4) is 0 Å². The van der Waals surface area contributed by atoms with Gasteiger partial charge in [0, 0.05) is 6.42 Å². The molecule has 1 saturated carbocycles. The van der Waals surface area contributed by atoms with Crippen LogP contribution in [0.25, 0.3) is 0 Å². The summed E-state index contributed by atoms with van der Waals surface area (Å²) in [6.07, 6.45) is 3.22. The largest absolute Gasteiger partial charge is 0.339 e. The molecule has 2 atom stereocenters. The lowest BCUT2D eigenvalue weighted by Gasteiger charge is -2.25. The van der Waals surface area contributed by atoms with Gasteiger partial charge in [0.1, 0.15) is 0 Å². The minimum Gasteiger partial charge on any atom is -0.339 e. The Labute approximate surface area is 103 Å². The van der Waals surface area contributed by atoms with Crippen molar-refractivity contribution in [3.63, 3.8) is 0 Å². The quantitative estimate of drug-likeness (QED) is 0.874. The fourth-order valence-electron chi connectivity index (χ4n) is 1.72. The highest BCUT2D eigenvalue weighted by Crippen LogP contribution is 2.38. The summed E-state index contributed by atoms with van der Waals surface area (Å²) in [4.78, 5) is 4.42. The third kappa shape index (κ3) is 3.06. The molecule has 1 heterocycles. The highest BCUT2D eigenvalue weighted by Gasteiger charge is 2.33. The molecule has 4 heteroatoms. The molecule has 1 aliphatic carbocycles. The Kier molecular flexibility index (Phi) is 3.25. The Morgan fingerprint density at radius 3 is 2.59 bits per heavy atom. The summed E-state index contributed by atoms with van der Waals surface area (Å²) in [6, 6.07) is -0.0301. The molecule has 0 spiro atoms. The summed E-state index contributed by atoms with van der Waals surface area (Å²) in [6.45, 7) is 8.89. The smallest absolute Gasteiger partial charge is 0.226 e. The van der Waals surface area contributed by atoms with Gasteiger partial charge >= 0.3 is 0 Å². The molecular weight excluding hydrogens is 214 g/mol. The topological polar surface area (TPSA) is 64.9 Å². The molecule has 1 aromatic rings. The summed E-state index contributed by atoms with van der Waals surface area (Å²) in [5.74, 6) is 2.48. The average molecular weight is 237 g/mol. The molecule has 1 fully saturated rings. The predicted molar refractivity (Wildman–Crippen MR) is 66.3 cm³/mol. The molecule has 2 rings (SSSR count). The van der Waals surface area contributed by atoms with Crippen molar-refractivity contribution in [1.82, 2.24) is 10.1 Å². The van der Waals surface area contributed by atoms with E-state index in [0.29, 0.717) is 17.7 Å². The van der Waals surface area contributed by atoms with Crippen molar-refractivity contribution in [2.24, 2.45) is 23.0 Å². The van der Waals surface area contributed by atoms with Gasteiger partial charge in [0.25, 0.3) is 0 Å². The fourth-order valence-corrected chi connectivity index (χ4v) is 1.72. The summed E-state index contributed by atoms with van der Waals surface area (Å²) in [5.41, 5.74) is 6.30. The number of hydrogen-bond acceptors (Lipinski definition) is 4. The third-order valence-corrected chi connectivity index (χ3v) is 3.87. The number of aromatic nitrogens is 2. The van der Waals surface area contributed by atoms with E-state index >= 15 is 0 Å². The number of nitrogens with zero attached hydrogens (tertiary/aromatic N) is 2. The SMILES string of the molecule is CC(Cc1nc(C(N)C2CC2)no1)C(C)(C)C. The molecule has 0 bridgehead atoms. The molecule has 96 valence electrons. The van der Waals surface area contributed by atoms with Crippen LogP contribution in [0.5, 0.6) is 0 Å². The zero-order valence-electron chi connectivity index (χ0n) is 11.2. The lowest BCUT2D eigenvalue weighted by Crippen LogP contribution is -2.19. The minimum atomic E-state index is -0.0301. The van der Waals surface area contributed by atoms with Gasteiger partial charge in [0.2, 0.25) is 5.89 Å². The van der Waals surface area contributed by atoms with Crippen LogP contribution in [0.4, 0.5) is 0 Å². The minimum absolute atomic E-state index is 0.0301. The van der Waals surface area contributed by atoms with Gasteiger partial charge in [-0.25, -0.2) is 0 Å². The van der Waals surface area contributed by atoms with E-state index in [2.05, 4.69) is 37.8 Å². The maximum absolute atomic E-state index is 6.05. The standard InChI is InChI=1S/C13H23N3O/c1-8(13(2,3)4)7-10-15-12(16-17-10)11(14)9-5-6-9/h8-9,11H,5-7,14H2,1-4H3. The Morgan fingerprint density at radius 1 is 1.41 bits per heavy atom. The number of rotatable bonds is 4. The van der Waals surface area contributed by atoms with Crippen LogP contribution in [0, 0.1) is 17.3 Å². The molecule has 0 radical (unpaired) electrons. The first kappa shape index (κ1) is 12.6. The number of hydrogen-bond donors (Lipinski definition) is 1. The van der Waals surface area contributed by atoms with E-state index in [1.54, 1.807) is 0 Å². The third-order valence-electron chi connectivity index (χ3n) is 3.87. The van der Waals surface area contributed by atoms with E-state index in [0.717, 1.165) is 12.3 Å². The van der Waals surface area contributed by atoms with Crippen molar-refractivity contribution < 1.29 is 4.52 Å². The Hall–Kier alpha value is -0.900. The molecule has 2 N–H and O–H groups in total. The van der Waals surface area contributed by atoms with Crippen molar-refractivity contribution >= 4 is 0 Å². The van der Waals surface area contributed by atoms with Crippen LogP contribution in [-0.4, -0.2) is 10.1 Å². The molecule has 4 nitrogen and oxygen atoms in total. The van der Waals surface area contributed by atoms with Crippen molar-refractivity contribution in [2.45, 2.75) is 53.0 Å². The van der Waals surface area contributed by atoms with Gasteiger partial charge < -0.3 is 10.3 Å². The Bertz CT molecular complexity index is 376. The average Bonchev–Trinajstić information content (AvgIpc) is 2.97. The fraction of sp³-hybridized carbons (Fsp3) is 0.846. The zero-order chi connectivity index (χ0) is 12.6. The lowest BCUT2D eigenvalue weighted by molar-refractivity contribution is 0.236. The first-order chi connectivity index (χ1) is 7.88. The van der Waals surface area contributed by atoms with Gasteiger partial charge in [-0.05, 0) is 30.1 Å². The van der Waals surface area contributed by atoms with Gasteiger partial charge in [-0.3, -0.25) is 0 Å². The molecule has 1 aliphatic rings. The van der Waals surface area contributed by atoms with Crippen molar-refractivity contribution in [3.05, 3.63) is 11.7 Å². The molecule has 0 aliphatic heterocycles. The van der Waals surface area contributed by atoms with Crippen LogP contribution in [0.2, 0.25) is 0 Å². The first-order valence-electron chi connectivity index (χ1n) is 6.46. The maximum atomic E-state index is 6.05. The summed E-state index contributed by atoms with van der Waals surface area (Å²) >= 11 is 0. The normalized spacial score (nSPS) is 20.3. The molecule has 1 aromatic heterocycles. The number of nitrogens with two attached hydrogens (primary N) is 1. The van der Waals surface area contributed by atoms with Crippen LogP contribution in [0.15, 0.2) is 4.52 Å². The van der Waals surface area contributed by atoms with E-state index in [4.69, 9.17) is 10.3 Å². The van der Waals surface area contributed by atoms with Crippen molar-refractivity contribution in [3.8, 4) is 0 Å². The van der Waals surface area contributed by atoms with Crippen LogP contribution in [0.1, 0.15) is 58.3 Å². The maximum Gasteiger partial charge on any atom is 0.226 e. The van der Waals surface area contributed by atoms with E-state index in [9.17, 15) is 0 Å². The van der Waals surface area contributed by atoms with E-state index < -0.39 is 0 Å². The van der Waals surface area contributed by atoms with Gasteiger partial charge in [-0.1, -0.05) is 32.9 Å². The van der Waals surface area contributed by atoms with Gasteiger partial charge in [0.15, 0.2) is 5.82 Å². The Morgan fingerprint density at radius 2 is 2.06 bits per heavy atom. The molecule has 17 heavy (non-hydrogen) atoms. The molecule has 0 aromatic carbocycles. The summed E-state index contributed by atoms with van der Waals surface area (Å²) in [7, 11) is 0. The summed E-state index contributed by atoms with van der Waals surface area (Å²) < 4.78 is 5.29. The Balaban J connectivity index is 1.98. The molecular formula is C13H23N3O. The van der Waals surface area contributed by atoms with Crippen LogP contribution < -0.4 is 5.73 Å². The second kappa shape index (κ2) is 4.41. The summed E-state index contributed by atoms with van der Waals surface area (Å²) in [5, 5.41) is 4.00. The van der Waals surface area contributed by atoms with E-state index in [1.165, 1.54) is 12.8 Å². The van der Waals surface area contributed by atoms with Crippen LogP contribution in [-0.2, 0) is 6.42 Å². The molecule has 0 amide bonds. The first-order valence-corrected chi connectivity index (χ1v) is 6.46. The van der Waals surface area contributed by atoms with Crippen molar-refractivity contribution in [1.29, 1.82) is 0 Å². The zero-order valence-corrected chi connectivity index (χ0v) is 11.2. The van der Waals surface area contributed by atoms with Crippen LogP contribution >= 0.6 is 0 Å². The lowest BCUT2D eigenvalue weighted by atomic mass is 9.80. The highest BCUT2D eigenvalue weighted by molar-refractivity contribution is 5.00. The van der Waals surface area contributed by atoms with E-state index in [-0.39, 0.29) is 11.5 Å².